The van der Waals surface area contributed by atoms with Gasteiger partial charge < -0.3 is 9.84 Å². The largest absolute Gasteiger partial charge is 0.390 e. The average Bonchev–Trinajstić information content (AvgIpc) is 2.85. The summed E-state index contributed by atoms with van der Waals surface area (Å²) in [5.74, 6) is -0.445. The fraction of sp³-hybridized carbons (Fsp3) is 0.571. The van der Waals surface area contributed by atoms with Crippen molar-refractivity contribution in [2.24, 2.45) is 0 Å². The van der Waals surface area contributed by atoms with Crippen molar-refractivity contribution in [3.05, 3.63) is 34.6 Å². The lowest BCUT2D eigenvalue weighted by Gasteiger charge is -2.33. The first-order valence-electron chi connectivity index (χ1n) is 6.25. The Bertz CT molecular complexity index is 416. The average molecular weight is 273 g/mol. The van der Waals surface area contributed by atoms with E-state index in [-0.39, 0.29) is 5.02 Å². The SMILES string of the molecule is COC1(C(O)Cc2cccc(F)c2Cl)CCCC1. The third kappa shape index (κ3) is 2.53. The number of hydrogen-bond acceptors (Lipinski definition) is 2. The Labute approximate surface area is 112 Å². The smallest absolute Gasteiger partial charge is 0.142 e. The van der Waals surface area contributed by atoms with Gasteiger partial charge in [0.05, 0.1) is 16.7 Å². The molecule has 0 saturated heterocycles. The summed E-state index contributed by atoms with van der Waals surface area (Å²) in [5.41, 5.74) is 0.142. The molecule has 1 saturated carbocycles. The molecule has 0 bridgehead atoms. The van der Waals surface area contributed by atoms with Gasteiger partial charge in [0, 0.05) is 13.5 Å². The standard InChI is InChI=1S/C14H18ClFO2/c1-18-14(7-2-3-8-14)12(17)9-10-5-4-6-11(16)13(10)15/h4-6,12,17H,2-3,7-9H2,1H3. The zero-order chi connectivity index (χ0) is 13.2. The normalized spacial score (nSPS) is 20.0. The minimum absolute atomic E-state index is 0.0980. The van der Waals surface area contributed by atoms with E-state index < -0.39 is 17.5 Å². The first kappa shape index (κ1) is 13.8. The number of aliphatic hydroxyl groups is 1. The van der Waals surface area contributed by atoms with E-state index in [0.29, 0.717) is 12.0 Å². The van der Waals surface area contributed by atoms with Crippen LogP contribution in [0.5, 0.6) is 0 Å². The molecule has 0 heterocycles. The van der Waals surface area contributed by atoms with E-state index in [0.717, 1.165) is 25.7 Å². The monoisotopic (exact) mass is 272 g/mol. The molecular formula is C14H18ClFO2. The van der Waals surface area contributed by atoms with Crippen LogP contribution in [0.25, 0.3) is 0 Å². The Morgan fingerprint density at radius 2 is 2.11 bits per heavy atom. The van der Waals surface area contributed by atoms with E-state index in [4.69, 9.17) is 16.3 Å². The number of hydrogen-bond donors (Lipinski definition) is 1. The molecule has 1 aromatic rings. The Kier molecular flexibility index (Phi) is 4.25. The third-order valence-electron chi connectivity index (χ3n) is 3.91. The molecular weight excluding hydrogens is 255 g/mol. The molecule has 0 aliphatic heterocycles. The quantitative estimate of drug-likeness (QED) is 0.911. The van der Waals surface area contributed by atoms with Crippen LogP contribution < -0.4 is 0 Å². The molecule has 100 valence electrons. The van der Waals surface area contributed by atoms with Crippen molar-refractivity contribution in [3.63, 3.8) is 0 Å². The van der Waals surface area contributed by atoms with Crippen LogP contribution >= 0.6 is 11.6 Å². The molecule has 0 spiro atoms. The number of halogens is 2. The van der Waals surface area contributed by atoms with E-state index in [1.165, 1.54) is 6.07 Å². The Morgan fingerprint density at radius 1 is 1.44 bits per heavy atom. The van der Waals surface area contributed by atoms with Gasteiger partial charge in [-0.2, -0.15) is 0 Å². The highest BCUT2D eigenvalue weighted by molar-refractivity contribution is 6.31. The van der Waals surface area contributed by atoms with Gasteiger partial charge in [-0.25, -0.2) is 4.39 Å². The maximum Gasteiger partial charge on any atom is 0.142 e. The number of methoxy groups -OCH3 is 1. The number of rotatable bonds is 4. The van der Waals surface area contributed by atoms with Gasteiger partial charge in [-0.05, 0) is 24.5 Å². The van der Waals surface area contributed by atoms with Crippen LogP contribution in [0.2, 0.25) is 5.02 Å². The molecule has 2 rings (SSSR count). The van der Waals surface area contributed by atoms with Crippen LogP contribution in [0, 0.1) is 5.82 Å². The van der Waals surface area contributed by atoms with Gasteiger partial charge >= 0.3 is 0 Å². The molecule has 1 aliphatic carbocycles. The molecule has 18 heavy (non-hydrogen) atoms. The van der Waals surface area contributed by atoms with Gasteiger partial charge in [0.15, 0.2) is 0 Å². The van der Waals surface area contributed by atoms with Gasteiger partial charge in [-0.3, -0.25) is 0 Å². The fourth-order valence-electron chi connectivity index (χ4n) is 2.75. The van der Waals surface area contributed by atoms with Crippen molar-refractivity contribution in [2.75, 3.05) is 7.11 Å². The second-order valence-electron chi connectivity index (χ2n) is 4.91. The van der Waals surface area contributed by atoms with E-state index in [1.54, 1.807) is 19.2 Å². The predicted molar refractivity (Wildman–Crippen MR) is 69.3 cm³/mol. The minimum atomic E-state index is -0.649. The summed E-state index contributed by atoms with van der Waals surface area (Å²) in [7, 11) is 1.63. The van der Waals surface area contributed by atoms with E-state index in [9.17, 15) is 9.50 Å². The Hall–Kier alpha value is -0.640. The maximum atomic E-state index is 13.3. The van der Waals surface area contributed by atoms with Gasteiger partial charge in [-0.15, -0.1) is 0 Å². The Morgan fingerprint density at radius 3 is 2.72 bits per heavy atom. The molecule has 1 unspecified atom stereocenters. The number of ether oxygens (including phenoxy) is 1. The van der Waals surface area contributed by atoms with Crippen molar-refractivity contribution in [3.8, 4) is 0 Å². The molecule has 0 radical (unpaired) electrons. The second-order valence-corrected chi connectivity index (χ2v) is 5.29. The van der Waals surface area contributed by atoms with Crippen LogP contribution in [0.1, 0.15) is 31.2 Å². The van der Waals surface area contributed by atoms with E-state index in [2.05, 4.69) is 0 Å². The molecule has 1 aromatic carbocycles. The first-order chi connectivity index (χ1) is 8.59. The minimum Gasteiger partial charge on any atom is -0.390 e. The van der Waals surface area contributed by atoms with Crippen LogP contribution in [-0.4, -0.2) is 23.9 Å². The van der Waals surface area contributed by atoms with Crippen molar-refractivity contribution in [2.45, 2.75) is 43.8 Å². The third-order valence-corrected chi connectivity index (χ3v) is 4.33. The molecule has 1 aliphatic rings. The topological polar surface area (TPSA) is 29.5 Å². The van der Waals surface area contributed by atoms with Crippen molar-refractivity contribution in [1.82, 2.24) is 0 Å². The van der Waals surface area contributed by atoms with Crippen LogP contribution in [0.3, 0.4) is 0 Å². The highest BCUT2D eigenvalue weighted by Gasteiger charge is 2.40. The molecule has 1 N–H and O–H groups in total. The van der Waals surface area contributed by atoms with Gasteiger partial charge in [0.2, 0.25) is 0 Å². The highest BCUT2D eigenvalue weighted by atomic mass is 35.5. The number of aliphatic hydroxyl groups excluding tert-OH is 1. The van der Waals surface area contributed by atoms with Crippen molar-refractivity contribution >= 4 is 11.6 Å². The van der Waals surface area contributed by atoms with E-state index >= 15 is 0 Å². The van der Waals surface area contributed by atoms with Crippen LogP contribution in [-0.2, 0) is 11.2 Å². The van der Waals surface area contributed by atoms with Gasteiger partial charge in [-0.1, -0.05) is 36.6 Å². The lowest BCUT2D eigenvalue weighted by Crippen LogP contribution is -2.42. The Balaban J connectivity index is 2.15. The predicted octanol–water partition coefficient (Wildman–Crippen LogP) is 3.34. The summed E-state index contributed by atoms with van der Waals surface area (Å²) < 4.78 is 18.9. The molecule has 0 aromatic heterocycles. The lowest BCUT2D eigenvalue weighted by atomic mass is 9.90. The molecule has 4 heteroatoms. The molecule has 0 amide bonds. The summed E-state index contributed by atoms with van der Waals surface area (Å²) in [6, 6.07) is 4.67. The first-order valence-corrected chi connectivity index (χ1v) is 6.63. The van der Waals surface area contributed by atoms with Gasteiger partial charge in [0.1, 0.15) is 5.82 Å². The fourth-order valence-corrected chi connectivity index (χ4v) is 2.95. The summed E-state index contributed by atoms with van der Waals surface area (Å²) in [6.07, 6.45) is 3.48. The van der Waals surface area contributed by atoms with Gasteiger partial charge in [0.25, 0.3) is 0 Å². The van der Waals surface area contributed by atoms with E-state index in [1.807, 2.05) is 0 Å². The summed E-state index contributed by atoms with van der Waals surface area (Å²) in [6.45, 7) is 0. The molecule has 2 nitrogen and oxygen atoms in total. The summed E-state index contributed by atoms with van der Waals surface area (Å²) in [4.78, 5) is 0. The van der Waals surface area contributed by atoms with Crippen LogP contribution in [0.15, 0.2) is 18.2 Å². The van der Waals surface area contributed by atoms with Crippen molar-refractivity contribution in [1.29, 1.82) is 0 Å². The molecule has 1 fully saturated rings. The summed E-state index contributed by atoms with van der Waals surface area (Å²) in [5, 5.41) is 10.5. The lowest BCUT2D eigenvalue weighted by molar-refractivity contribution is -0.0971. The molecule has 1 atom stereocenters. The van der Waals surface area contributed by atoms with Crippen LogP contribution in [0.4, 0.5) is 4.39 Å². The van der Waals surface area contributed by atoms with Crippen molar-refractivity contribution < 1.29 is 14.2 Å². The zero-order valence-electron chi connectivity index (χ0n) is 10.5. The number of benzene rings is 1. The summed E-state index contributed by atoms with van der Waals surface area (Å²) >= 11 is 5.91. The second kappa shape index (κ2) is 5.55. The highest BCUT2D eigenvalue weighted by Crippen LogP contribution is 2.37. The zero-order valence-corrected chi connectivity index (χ0v) is 11.2. The maximum absolute atomic E-state index is 13.3.